The van der Waals surface area contributed by atoms with Crippen LogP contribution >= 0.6 is 0 Å². The van der Waals surface area contributed by atoms with Crippen molar-refractivity contribution in [2.24, 2.45) is 5.92 Å². The third-order valence-corrected chi connectivity index (χ3v) is 7.52. The summed E-state index contributed by atoms with van der Waals surface area (Å²) in [6, 6.07) is 8.68. The van der Waals surface area contributed by atoms with E-state index in [-0.39, 0.29) is 41.1 Å². The highest BCUT2D eigenvalue weighted by atomic mass is 32.2. The number of carbonyl (C=O) groups excluding carboxylic acids is 1. The van der Waals surface area contributed by atoms with Crippen molar-refractivity contribution in [3.05, 3.63) is 36.4 Å². The van der Waals surface area contributed by atoms with Crippen LogP contribution in [-0.4, -0.2) is 58.7 Å². The summed E-state index contributed by atoms with van der Waals surface area (Å²) in [5, 5.41) is 2.68. The molecule has 1 amide bonds. The molecule has 1 N–H and O–H groups in total. The molecular formula is C22H24F2N2O7S. The van der Waals surface area contributed by atoms with Crippen molar-refractivity contribution < 1.29 is 40.9 Å². The van der Waals surface area contributed by atoms with E-state index in [0.29, 0.717) is 37.6 Å². The molecule has 34 heavy (non-hydrogen) atoms. The van der Waals surface area contributed by atoms with Crippen molar-refractivity contribution in [3.63, 3.8) is 0 Å². The number of fused-ring (bicyclic) bond motifs is 1. The van der Waals surface area contributed by atoms with E-state index in [1.807, 2.05) is 0 Å². The molecule has 0 unspecified atom stereocenters. The Hall–Kier alpha value is -3.12. The highest BCUT2D eigenvalue weighted by Crippen LogP contribution is 2.35. The number of piperidine rings is 1. The number of anilines is 1. The van der Waals surface area contributed by atoms with Crippen LogP contribution in [0.5, 0.6) is 23.0 Å². The molecule has 0 radical (unpaired) electrons. The monoisotopic (exact) mass is 498 g/mol. The van der Waals surface area contributed by atoms with E-state index in [2.05, 4.69) is 10.1 Å². The molecule has 0 saturated carbocycles. The van der Waals surface area contributed by atoms with Crippen LogP contribution in [0.3, 0.4) is 0 Å². The Morgan fingerprint density at radius 2 is 1.76 bits per heavy atom. The predicted molar refractivity (Wildman–Crippen MR) is 117 cm³/mol. The Balaban J connectivity index is 1.38. The van der Waals surface area contributed by atoms with Crippen LogP contribution in [0.25, 0.3) is 0 Å². The van der Waals surface area contributed by atoms with Gasteiger partial charge in [0, 0.05) is 36.8 Å². The SMILES string of the molecule is COc1ccc(NC(=O)C2CCN(S(=O)(=O)c3ccc4c(c3)OCCO4)CC2)cc1OC(F)F. The lowest BCUT2D eigenvalue weighted by Gasteiger charge is -2.31. The molecule has 12 heteroatoms. The second kappa shape index (κ2) is 10.0. The highest BCUT2D eigenvalue weighted by molar-refractivity contribution is 7.89. The van der Waals surface area contributed by atoms with Crippen molar-refractivity contribution in [1.29, 1.82) is 0 Å². The van der Waals surface area contributed by atoms with Gasteiger partial charge in [0.25, 0.3) is 0 Å². The molecule has 2 aromatic carbocycles. The lowest BCUT2D eigenvalue weighted by molar-refractivity contribution is -0.120. The molecule has 0 bridgehead atoms. The number of hydrogen-bond acceptors (Lipinski definition) is 7. The van der Waals surface area contributed by atoms with Crippen LogP contribution in [0.1, 0.15) is 12.8 Å². The first-order valence-corrected chi connectivity index (χ1v) is 12.1. The van der Waals surface area contributed by atoms with Gasteiger partial charge in [0.2, 0.25) is 15.9 Å². The molecule has 1 saturated heterocycles. The summed E-state index contributed by atoms with van der Waals surface area (Å²) in [6.45, 7) is -1.96. The van der Waals surface area contributed by atoms with E-state index >= 15 is 0 Å². The fourth-order valence-corrected chi connectivity index (χ4v) is 5.36. The molecule has 184 valence electrons. The van der Waals surface area contributed by atoms with E-state index in [4.69, 9.17) is 14.2 Å². The summed E-state index contributed by atoms with van der Waals surface area (Å²) < 4.78 is 73.1. The minimum absolute atomic E-state index is 0.101. The Morgan fingerprint density at radius 1 is 1.06 bits per heavy atom. The van der Waals surface area contributed by atoms with Crippen molar-refractivity contribution in [3.8, 4) is 23.0 Å². The van der Waals surface area contributed by atoms with Crippen molar-refractivity contribution >= 4 is 21.6 Å². The molecular weight excluding hydrogens is 474 g/mol. The largest absolute Gasteiger partial charge is 0.493 e. The van der Waals surface area contributed by atoms with E-state index in [0.717, 1.165) is 0 Å². The second-order valence-electron chi connectivity index (χ2n) is 7.72. The fraction of sp³-hybridized carbons (Fsp3) is 0.409. The van der Waals surface area contributed by atoms with Gasteiger partial charge in [0.15, 0.2) is 23.0 Å². The Morgan fingerprint density at radius 3 is 2.44 bits per heavy atom. The lowest BCUT2D eigenvalue weighted by atomic mass is 9.97. The first kappa shape index (κ1) is 24.0. The normalized spacial score (nSPS) is 16.8. The second-order valence-corrected chi connectivity index (χ2v) is 9.66. The van der Waals surface area contributed by atoms with Gasteiger partial charge >= 0.3 is 6.61 Å². The number of amides is 1. The van der Waals surface area contributed by atoms with E-state index in [1.165, 1.54) is 41.7 Å². The third kappa shape index (κ3) is 5.17. The quantitative estimate of drug-likeness (QED) is 0.626. The van der Waals surface area contributed by atoms with Gasteiger partial charge in [0.05, 0.1) is 12.0 Å². The summed E-state index contributed by atoms with van der Waals surface area (Å²) in [6.07, 6.45) is 0.623. The maximum absolute atomic E-state index is 13.1. The van der Waals surface area contributed by atoms with Crippen molar-refractivity contribution in [2.45, 2.75) is 24.3 Å². The summed E-state index contributed by atoms with van der Waals surface area (Å²) in [5.74, 6) is 0.0295. The van der Waals surface area contributed by atoms with Crippen LogP contribution in [0.2, 0.25) is 0 Å². The fourth-order valence-electron chi connectivity index (χ4n) is 3.88. The number of sulfonamides is 1. The van der Waals surface area contributed by atoms with E-state index in [1.54, 1.807) is 6.07 Å². The number of methoxy groups -OCH3 is 1. The van der Waals surface area contributed by atoms with Crippen molar-refractivity contribution in [2.75, 3.05) is 38.7 Å². The molecule has 4 rings (SSSR count). The van der Waals surface area contributed by atoms with Gasteiger partial charge in [-0.15, -0.1) is 0 Å². The zero-order valence-corrected chi connectivity index (χ0v) is 19.1. The number of nitrogens with one attached hydrogen (secondary N) is 1. The van der Waals surface area contributed by atoms with Gasteiger partial charge in [-0.3, -0.25) is 4.79 Å². The highest BCUT2D eigenvalue weighted by Gasteiger charge is 2.33. The van der Waals surface area contributed by atoms with Crippen LogP contribution in [0, 0.1) is 5.92 Å². The zero-order valence-electron chi connectivity index (χ0n) is 18.3. The zero-order chi connectivity index (χ0) is 24.3. The van der Waals surface area contributed by atoms with Crippen LogP contribution in [0.4, 0.5) is 14.5 Å². The summed E-state index contributed by atoms with van der Waals surface area (Å²) in [4.78, 5) is 12.8. The summed E-state index contributed by atoms with van der Waals surface area (Å²) in [7, 11) is -2.45. The van der Waals surface area contributed by atoms with Crippen LogP contribution < -0.4 is 24.3 Å². The van der Waals surface area contributed by atoms with Crippen LogP contribution in [-0.2, 0) is 14.8 Å². The topological polar surface area (TPSA) is 103 Å². The van der Waals surface area contributed by atoms with E-state index < -0.39 is 22.6 Å². The number of rotatable bonds is 7. The maximum atomic E-state index is 13.1. The number of halogens is 2. The smallest absolute Gasteiger partial charge is 0.387 e. The van der Waals surface area contributed by atoms with Gasteiger partial charge in [-0.25, -0.2) is 8.42 Å². The minimum Gasteiger partial charge on any atom is -0.493 e. The standard InChI is InChI=1S/C22H24F2N2O7S/c1-30-17-4-2-15(12-20(17)33-22(23)24)25-21(27)14-6-8-26(9-7-14)34(28,29)16-3-5-18-19(13-16)32-11-10-31-18/h2-5,12-14,22H,6-11H2,1H3,(H,25,27). The Bertz CT molecular complexity index is 1150. The van der Waals surface area contributed by atoms with Gasteiger partial charge in [-0.05, 0) is 37.1 Å². The predicted octanol–water partition coefficient (Wildman–Crippen LogP) is 3.11. The number of nitrogens with zero attached hydrogens (tertiary/aromatic N) is 1. The average molecular weight is 499 g/mol. The first-order valence-electron chi connectivity index (χ1n) is 10.6. The average Bonchev–Trinajstić information content (AvgIpc) is 2.83. The van der Waals surface area contributed by atoms with E-state index in [9.17, 15) is 22.0 Å². The molecule has 2 heterocycles. The molecule has 9 nitrogen and oxygen atoms in total. The van der Waals surface area contributed by atoms with Gasteiger partial charge < -0.3 is 24.3 Å². The number of alkyl halides is 2. The molecule has 1 fully saturated rings. The first-order chi connectivity index (χ1) is 16.3. The number of benzene rings is 2. The van der Waals surface area contributed by atoms with Gasteiger partial charge in [0.1, 0.15) is 13.2 Å². The molecule has 0 spiro atoms. The number of carbonyl (C=O) groups is 1. The molecule has 2 aliphatic rings. The van der Waals surface area contributed by atoms with Crippen LogP contribution in [0.15, 0.2) is 41.3 Å². The number of hydrogen-bond donors (Lipinski definition) is 1. The molecule has 0 aliphatic carbocycles. The minimum atomic E-state index is -3.76. The lowest BCUT2D eigenvalue weighted by Crippen LogP contribution is -2.41. The summed E-state index contributed by atoms with van der Waals surface area (Å²) in [5.41, 5.74) is 0.271. The Labute approximate surface area is 195 Å². The molecule has 2 aromatic rings. The molecule has 2 aliphatic heterocycles. The summed E-state index contributed by atoms with van der Waals surface area (Å²) >= 11 is 0. The van der Waals surface area contributed by atoms with Gasteiger partial charge in [-0.2, -0.15) is 13.1 Å². The molecule has 0 atom stereocenters. The molecule has 0 aromatic heterocycles. The van der Waals surface area contributed by atoms with Crippen molar-refractivity contribution in [1.82, 2.24) is 4.31 Å². The van der Waals surface area contributed by atoms with Gasteiger partial charge in [-0.1, -0.05) is 0 Å². The number of ether oxygens (including phenoxy) is 4. The maximum Gasteiger partial charge on any atom is 0.387 e. The Kier molecular flexibility index (Phi) is 7.08. The third-order valence-electron chi connectivity index (χ3n) is 5.62.